The van der Waals surface area contributed by atoms with E-state index in [4.69, 9.17) is 14.2 Å². The number of carbonyl (C=O) groups excluding carboxylic acids is 2. The molecule has 2 aliphatic rings. The van der Waals surface area contributed by atoms with Crippen LogP contribution in [0.2, 0.25) is 0 Å². The Morgan fingerprint density at radius 1 is 1.39 bits per heavy atom. The fraction of sp³-hybridized carbons (Fsp3) is 0.846. The first-order valence-electron chi connectivity index (χ1n) is 6.30. The Morgan fingerprint density at radius 3 is 2.56 bits per heavy atom. The van der Waals surface area contributed by atoms with Gasteiger partial charge in [-0.1, -0.05) is 0 Å². The summed E-state index contributed by atoms with van der Waals surface area (Å²) in [6, 6.07) is 0. The molecule has 0 N–H and O–H groups in total. The zero-order valence-corrected chi connectivity index (χ0v) is 11.2. The van der Waals surface area contributed by atoms with Crippen LogP contribution >= 0.6 is 0 Å². The van der Waals surface area contributed by atoms with Gasteiger partial charge in [0.15, 0.2) is 5.79 Å². The smallest absolute Gasteiger partial charge is 0.311 e. The summed E-state index contributed by atoms with van der Waals surface area (Å²) in [5.41, 5.74) is -0.796. The van der Waals surface area contributed by atoms with Crippen molar-refractivity contribution in [3.63, 3.8) is 0 Å². The van der Waals surface area contributed by atoms with Crippen LogP contribution < -0.4 is 0 Å². The second kappa shape index (κ2) is 4.63. The molecule has 102 valence electrons. The lowest BCUT2D eigenvalue weighted by Crippen LogP contribution is -2.53. The lowest BCUT2D eigenvalue weighted by atomic mass is 9.67. The number of hydrogen-bond donors (Lipinski definition) is 0. The Morgan fingerprint density at radius 2 is 2.00 bits per heavy atom. The number of hydrogen-bond acceptors (Lipinski definition) is 5. The van der Waals surface area contributed by atoms with E-state index in [9.17, 15) is 9.59 Å². The Bertz CT molecular complexity index is 354. The van der Waals surface area contributed by atoms with Crippen molar-refractivity contribution in [2.45, 2.75) is 38.9 Å². The highest BCUT2D eigenvalue weighted by molar-refractivity contribution is 5.82. The van der Waals surface area contributed by atoms with Crippen molar-refractivity contribution in [2.75, 3.05) is 20.3 Å². The minimum absolute atomic E-state index is 0.154. The first kappa shape index (κ1) is 13.5. The molecule has 2 fully saturated rings. The standard InChI is InChI=1S/C13H20O5/c1-12(2,11(15)16-3)10-8-9(14)4-5-13(10)17-6-7-18-13/h10H,4-8H2,1-3H3. The van der Waals surface area contributed by atoms with Gasteiger partial charge in [-0.25, -0.2) is 0 Å². The summed E-state index contributed by atoms with van der Waals surface area (Å²) in [6.45, 7) is 4.60. The minimum Gasteiger partial charge on any atom is -0.469 e. The Kier molecular flexibility index (Phi) is 3.47. The van der Waals surface area contributed by atoms with E-state index in [1.165, 1.54) is 7.11 Å². The van der Waals surface area contributed by atoms with Crippen molar-refractivity contribution in [3.8, 4) is 0 Å². The second-order valence-corrected chi connectivity index (χ2v) is 5.52. The van der Waals surface area contributed by atoms with E-state index in [1.807, 2.05) is 0 Å². The monoisotopic (exact) mass is 256 g/mol. The number of esters is 1. The van der Waals surface area contributed by atoms with Crippen molar-refractivity contribution in [2.24, 2.45) is 11.3 Å². The van der Waals surface area contributed by atoms with E-state index in [-0.39, 0.29) is 17.7 Å². The highest BCUT2D eigenvalue weighted by Crippen LogP contribution is 2.48. The van der Waals surface area contributed by atoms with Gasteiger partial charge in [-0.15, -0.1) is 0 Å². The molecular weight excluding hydrogens is 236 g/mol. The molecule has 1 saturated heterocycles. The van der Waals surface area contributed by atoms with E-state index in [0.717, 1.165) is 0 Å². The molecule has 1 spiro atoms. The third-order valence-corrected chi connectivity index (χ3v) is 4.07. The number of ether oxygens (including phenoxy) is 3. The lowest BCUT2D eigenvalue weighted by molar-refractivity contribution is -0.236. The van der Waals surface area contributed by atoms with Crippen LogP contribution in [-0.4, -0.2) is 37.9 Å². The third kappa shape index (κ3) is 2.06. The van der Waals surface area contributed by atoms with Gasteiger partial charge >= 0.3 is 5.97 Å². The largest absolute Gasteiger partial charge is 0.469 e. The molecule has 0 aromatic heterocycles. The van der Waals surface area contributed by atoms with E-state index in [0.29, 0.717) is 32.5 Å². The van der Waals surface area contributed by atoms with Gasteiger partial charge < -0.3 is 14.2 Å². The van der Waals surface area contributed by atoms with Gasteiger partial charge in [-0.05, 0) is 13.8 Å². The summed E-state index contributed by atoms with van der Waals surface area (Å²) < 4.78 is 16.3. The van der Waals surface area contributed by atoms with Crippen molar-refractivity contribution >= 4 is 11.8 Å². The van der Waals surface area contributed by atoms with Crippen LogP contribution in [0.25, 0.3) is 0 Å². The maximum atomic E-state index is 11.9. The summed E-state index contributed by atoms with van der Waals surface area (Å²) in [6.07, 6.45) is 1.28. The topological polar surface area (TPSA) is 61.8 Å². The number of rotatable bonds is 2. The fourth-order valence-electron chi connectivity index (χ4n) is 3.00. The van der Waals surface area contributed by atoms with Crippen LogP contribution in [0.4, 0.5) is 0 Å². The molecule has 1 unspecified atom stereocenters. The fourth-order valence-corrected chi connectivity index (χ4v) is 3.00. The molecule has 5 nitrogen and oxygen atoms in total. The molecule has 1 saturated carbocycles. The number of carbonyl (C=O) groups is 2. The third-order valence-electron chi connectivity index (χ3n) is 4.07. The van der Waals surface area contributed by atoms with E-state index in [2.05, 4.69) is 0 Å². The molecule has 1 aliphatic carbocycles. The van der Waals surface area contributed by atoms with Gasteiger partial charge in [0.1, 0.15) is 5.78 Å². The first-order chi connectivity index (χ1) is 8.42. The SMILES string of the molecule is COC(=O)C(C)(C)C1CC(=O)CCC12OCCO2. The number of methoxy groups -OCH3 is 1. The molecule has 0 radical (unpaired) electrons. The molecular formula is C13H20O5. The molecule has 0 amide bonds. The molecule has 1 aliphatic heterocycles. The zero-order valence-electron chi connectivity index (χ0n) is 11.2. The maximum Gasteiger partial charge on any atom is 0.311 e. The van der Waals surface area contributed by atoms with Gasteiger partial charge in [0.05, 0.1) is 25.7 Å². The van der Waals surface area contributed by atoms with Gasteiger partial charge in [0, 0.05) is 25.2 Å². The van der Waals surface area contributed by atoms with Crippen LogP contribution in [-0.2, 0) is 23.8 Å². The van der Waals surface area contributed by atoms with Gasteiger partial charge in [0.25, 0.3) is 0 Å². The van der Waals surface area contributed by atoms with Crippen LogP contribution in [0, 0.1) is 11.3 Å². The van der Waals surface area contributed by atoms with Gasteiger partial charge in [-0.3, -0.25) is 9.59 Å². The Balaban J connectivity index is 2.30. The molecule has 1 atom stereocenters. The summed E-state index contributed by atoms with van der Waals surface area (Å²) in [7, 11) is 1.36. The average molecular weight is 256 g/mol. The summed E-state index contributed by atoms with van der Waals surface area (Å²) in [5, 5.41) is 0. The normalized spacial score (nSPS) is 27.5. The van der Waals surface area contributed by atoms with Crippen LogP contribution in [0.5, 0.6) is 0 Å². The number of ketones is 1. The van der Waals surface area contributed by atoms with Crippen LogP contribution in [0.3, 0.4) is 0 Å². The highest BCUT2D eigenvalue weighted by Gasteiger charge is 2.56. The van der Waals surface area contributed by atoms with Crippen molar-refractivity contribution in [1.29, 1.82) is 0 Å². The molecule has 0 aromatic carbocycles. The second-order valence-electron chi connectivity index (χ2n) is 5.52. The van der Waals surface area contributed by atoms with E-state index < -0.39 is 11.2 Å². The quantitative estimate of drug-likeness (QED) is 0.697. The zero-order chi connectivity index (χ0) is 13.4. The highest BCUT2D eigenvalue weighted by atomic mass is 16.7. The van der Waals surface area contributed by atoms with Crippen molar-refractivity contribution in [1.82, 2.24) is 0 Å². The summed E-state index contributed by atoms with van der Waals surface area (Å²) in [5.74, 6) is -1.26. The maximum absolute atomic E-state index is 11.9. The summed E-state index contributed by atoms with van der Waals surface area (Å²) >= 11 is 0. The molecule has 0 aromatic rings. The van der Waals surface area contributed by atoms with Gasteiger partial charge in [-0.2, -0.15) is 0 Å². The van der Waals surface area contributed by atoms with Crippen molar-refractivity contribution in [3.05, 3.63) is 0 Å². The summed E-state index contributed by atoms with van der Waals surface area (Å²) in [4.78, 5) is 23.6. The van der Waals surface area contributed by atoms with E-state index in [1.54, 1.807) is 13.8 Å². The Hall–Kier alpha value is -0.940. The molecule has 18 heavy (non-hydrogen) atoms. The van der Waals surface area contributed by atoms with E-state index >= 15 is 0 Å². The molecule has 0 bridgehead atoms. The van der Waals surface area contributed by atoms with Gasteiger partial charge in [0.2, 0.25) is 0 Å². The predicted octanol–water partition coefficient (Wildman–Crippen LogP) is 1.30. The first-order valence-corrected chi connectivity index (χ1v) is 6.30. The lowest BCUT2D eigenvalue weighted by Gasteiger charge is -2.45. The van der Waals surface area contributed by atoms with Crippen molar-refractivity contribution < 1.29 is 23.8 Å². The average Bonchev–Trinajstić information content (AvgIpc) is 2.80. The molecule has 1 heterocycles. The van der Waals surface area contributed by atoms with Crippen LogP contribution in [0.1, 0.15) is 33.1 Å². The predicted molar refractivity (Wildman–Crippen MR) is 62.8 cm³/mol. The molecule has 5 heteroatoms. The number of Topliss-reactive ketones (excluding diaryl/α,β-unsaturated/α-hetero) is 1. The van der Waals surface area contributed by atoms with Crippen LogP contribution in [0.15, 0.2) is 0 Å². The molecule has 2 rings (SSSR count). The Labute approximate surface area is 107 Å². The minimum atomic E-state index is -0.796.